The van der Waals surface area contributed by atoms with Gasteiger partial charge in [-0.25, -0.2) is 4.99 Å². The van der Waals surface area contributed by atoms with E-state index in [0.717, 1.165) is 0 Å². The summed E-state index contributed by atoms with van der Waals surface area (Å²) in [6.45, 7) is 11.0. The summed E-state index contributed by atoms with van der Waals surface area (Å²) in [5.74, 6) is 1.20. The standard InChI is InChI=1S/C34H40N4O7S/c1-6-36(7-2)33(41)30-22(4)35-34-38(31(30)24-11-9-10-12-25(24)42-5)32(40)28(46-34)20-23-13-14-26(27(19-23)44-8-3)45-21-29(39)37-15-17-43-18-16-37/h9-14,19-20,31H,6-8,15-18,21H2,1-5H3/b28-20-/t31-/m1/s1. The molecule has 46 heavy (non-hydrogen) atoms. The van der Waals surface area contributed by atoms with E-state index in [0.29, 0.717) is 95.0 Å². The smallest absolute Gasteiger partial charge is 0.271 e. The molecule has 1 atom stereocenters. The van der Waals surface area contributed by atoms with E-state index in [1.54, 1.807) is 39.7 Å². The Bertz CT molecular complexity index is 1800. The number of morpholine rings is 1. The van der Waals surface area contributed by atoms with E-state index in [2.05, 4.69) is 0 Å². The molecular formula is C34H40N4O7S. The SMILES string of the molecule is CCOc1cc(/C=c2\sc3n(c2=O)[C@H](c2ccccc2OC)C(C(=O)N(CC)CC)=C(C)N=3)ccc1OCC(=O)N1CCOCC1. The average molecular weight is 649 g/mol. The summed E-state index contributed by atoms with van der Waals surface area (Å²) >= 11 is 1.26. The van der Waals surface area contributed by atoms with E-state index in [-0.39, 0.29) is 24.0 Å². The van der Waals surface area contributed by atoms with Gasteiger partial charge in [0.05, 0.1) is 42.7 Å². The monoisotopic (exact) mass is 648 g/mol. The van der Waals surface area contributed by atoms with Crippen molar-refractivity contribution in [2.75, 3.05) is 59.7 Å². The number of amides is 2. The quantitative estimate of drug-likeness (QED) is 0.315. The summed E-state index contributed by atoms with van der Waals surface area (Å²) in [7, 11) is 1.58. The van der Waals surface area contributed by atoms with Gasteiger partial charge in [-0.1, -0.05) is 35.6 Å². The molecule has 11 nitrogen and oxygen atoms in total. The number of likely N-dealkylation sites (N-methyl/N-ethyl adjacent to an activating group) is 1. The predicted molar refractivity (Wildman–Crippen MR) is 175 cm³/mol. The molecule has 12 heteroatoms. The summed E-state index contributed by atoms with van der Waals surface area (Å²) in [5, 5.41) is 0. The predicted octanol–water partition coefficient (Wildman–Crippen LogP) is 2.75. The summed E-state index contributed by atoms with van der Waals surface area (Å²) < 4.78 is 24.8. The number of allylic oxidation sites excluding steroid dienone is 1. The van der Waals surface area contributed by atoms with Crippen LogP contribution in [0.1, 0.15) is 44.9 Å². The molecule has 0 N–H and O–H groups in total. The van der Waals surface area contributed by atoms with Gasteiger partial charge in [0.25, 0.3) is 17.4 Å². The molecule has 0 radical (unpaired) electrons. The maximum absolute atomic E-state index is 14.2. The summed E-state index contributed by atoms with van der Waals surface area (Å²) in [6.07, 6.45) is 1.78. The molecule has 0 aliphatic carbocycles. The first-order chi connectivity index (χ1) is 22.3. The molecule has 3 heterocycles. The molecule has 0 bridgehead atoms. The lowest BCUT2D eigenvalue weighted by Crippen LogP contribution is -2.43. The van der Waals surface area contributed by atoms with E-state index in [1.807, 2.05) is 58.0 Å². The van der Waals surface area contributed by atoms with Crippen LogP contribution < -0.4 is 29.1 Å². The Labute approximate surface area is 272 Å². The van der Waals surface area contributed by atoms with Gasteiger partial charge in [-0.3, -0.25) is 19.0 Å². The fourth-order valence-electron chi connectivity index (χ4n) is 5.66. The number of ether oxygens (including phenoxy) is 4. The van der Waals surface area contributed by atoms with Gasteiger partial charge in [0.2, 0.25) is 0 Å². The second-order valence-corrected chi connectivity index (χ2v) is 11.7. The van der Waals surface area contributed by atoms with Crippen molar-refractivity contribution in [3.63, 3.8) is 0 Å². The Hall–Kier alpha value is -4.42. The zero-order valence-corrected chi connectivity index (χ0v) is 27.7. The minimum absolute atomic E-state index is 0.116. The number of fused-ring (bicyclic) bond motifs is 1. The maximum atomic E-state index is 14.2. The first-order valence-electron chi connectivity index (χ1n) is 15.5. The third-order valence-corrected chi connectivity index (χ3v) is 9.00. The van der Waals surface area contributed by atoms with Crippen LogP contribution in [0.25, 0.3) is 6.08 Å². The average Bonchev–Trinajstić information content (AvgIpc) is 3.38. The molecule has 1 aromatic heterocycles. The first-order valence-corrected chi connectivity index (χ1v) is 16.3. The van der Waals surface area contributed by atoms with E-state index in [9.17, 15) is 14.4 Å². The van der Waals surface area contributed by atoms with E-state index >= 15 is 0 Å². The number of methoxy groups -OCH3 is 1. The third kappa shape index (κ3) is 6.73. The number of hydrogen-bond acceptors (Lipinski definition) is 9. The molecule has 0 saturated carbocycles. The van der Waals surface area contributed by atoms with Crippen LogP contribution in [0.4, 0.5) is 0 Å². The fourth-order valence-corrected chi connectivity index (χ4v) is 6.71. The van der Waals surface area contributed by atoms with Crippen LogP contribution >= 0.6 is 11.3 Å². The number of carbonyl (C=O) groups excluding carboxylic acids is 2. The van der Waals surface area contributed by atoms with Gasteiger partial charge in [-0.15, -0.1) is 0 Å². The normalized spacial score (nSPS) is 16.5. The van der Waals surface area contributed by atoms with Crippen LogP contribution in [0.3, 0.4) is 0 Å². The third-order valence-electron chi connectivity index (χ3n) is 8.02. The highest BCUT2D eigenvalue weighted by atomic mass is 32.1. The molecule has 2 aromatic carbocycles. The zero-order chi connectivity index (χ0) is 32.8. The lowest BCUT2D eigenvalue weighted by atomic mass is 9.94. The van der Waals surface area contributed by atoms with Crippen molar-refractivity contribution < 1.29 is 28.5 Å². The Kier molecular flexibility index (Phi) is 10.6. The number of thiazole rings is 1. The molecule has 3 aromatic rings. The summed E-state index contributed by atoms with van der Waals surface area (Å²) in [6, 6.07) is 12.1. The molecule has 5 rings (SSSR count). The second kappa shape index (κ2) is 14.8. The minimum atomic E-state index is -0.721. The van der Waals surface area contributed by atoms with Crippen molar-refractivity contribution in [3.8, 4) is 17.2 Å². The van der Waals surface area contributed by atoms with Gasteiger partial charge in [-0.05, 0) is 57.5 Å². The van der Waals surface area contributed by atoms with Gasteiger partial charge in [-0.2, -0.15) is 0 Å². The number of carbonyl (C=O) groups is 2. The van der Waals surface area contributed by atoms with Gasteiger partial charge in [0.15, 0.2) is 22.9 Å². The molecule has 2 aliphatic heterocycles. The zero-order valence-electron chi connectivity index (χ0n) is 26.9. The van der Waals surface area contributed by atoms with E-state index in [1.165, 1.54) is 11.3 Å². The molecule has 2 amide bonds. The van der Waals surface area contributed by atoms with Gasteiger partial charge in [0.1, 0.15) is 11.8 Å². The number of nitrogens with zero attached hydrogens (tertiary/aromatic N) is 4. The lowest BCUT2D eigenvalue weighted by molar-refractivity contribution is -0.137. The Morgan fingerprint density at radius 1 is 1.04 bits per heavy atom. The van der Waals surface area contributed by atoms with Crippen LogP contribution in [0.15, 0.2) is 63.5 Å². The number of benzene rings is 2. The molecule has 0 unspecified atom stereocenters. The number of aromatic nitrogens is 1. The van der Waals surface area contributed by atoms with Gasteiger partial charge >= 0.3 is 0 Å². The van der Waals surface area contributed by atoms with Crippen LogP contribution in [0.2, 0.25) is 0 Å². The summed E-state index contributed by atoms with van der Waals surface area (Å²) in [5.41, 5.74) is 2.15. The highest BCUT2D eigenvalue weighted by Gasteiger charge is 2.35. The molecular weight excluding hydrogens is 608 g/mol. The fraction of sp³-hybridized carbons (Fsp3) is 0.412. The van der Waals surface area contributed by atoms with Crippen molar-refractivity contribution in [1.82, 2.24) is 14.4 Å². The summed E-state index contributed by atoms with van der Waals surface area (Å²) in [4.78, 5) is 49.4. The van der Waals surface area contributed by atoms with Gasteiger partial charge < -0.3 is 28.7 Å². The van der Waals surface area contributed by atoms with Crippen LogP contribution in [0.5, 0.6) is 17.2 Å². The minimum Gasteiger partial charge on any atom is -0.496 e. The Morgan fingerprint density at radius 3 is 2.48 bits per heavy atom. The van der Waals surface area contributed by atoms with E-state index in [4.69, 9.17) is 23.9 Å². The maximum Gasteiger partial charge on any atom is 0.271 e. The molecule has 1 saturated heterocycles. The Balaban J connectivity index is 1.54. The van der Waals surface area contributed by atoms with Crippen molar-refractivity contribution >= 4 is 29.2 Å². The van der Waals surface area contributed by atoms with Crippen molar-refractivity contribution in [2.45, 2.75) is 33.7 Å². The molecule has 244 valence electrons. The van der Waals surface area contributed by atoms with Crippen LogP contribution in [0, 0.1) is 0 Å². The molecule has 0 spiro atoms. The molecule has 1 fully saturated rings. The topological polar surface area (TPSA) is 112 Å². The highest BCUT2D eigenvalue weighted by molar-refractivity contribution is 7.07. The highest BCUT2D eigenvalue weighted by Crippen LogP contribution is 2.36. The first kappa shape index (κ1) is 33.0. The van der Waals surface area contributed by atoms with Crippen molar-refractivity contribution in [3.05, 3.63) is 84.5 Å². The molecule has 2 aliphatic rings. The van der Waals surface area contributed by atoms with E-state index < -0.39 is 6.04 Å². The largest absolute Gasteiger partial charge is 0.496 e. The number of hydrogen-bond donors (Lipinski definition) is 0. The Morgan fingerprint density at radius 2 is 1.78 bits per heavy atom. The van der Waals surface area contributed by atoms with Crippen LogP contribution in [-0.2, 0) is 14.3 Å². The van der Waals surface area contributed by atoms with Crippen molar-refractivity contribution in [1.29, 1.82) is 0 Å². The van der Waals surface area contributed by atoms with Crippen LogP contribution in [-0.4, -0.2) is 85.9 Å². The number of rotatable bonds is 11. The van der Waals surface area contributed by atoms with Gasteiger partial charge in [0, 0.05) is 31.7 Å². The van der Waals surface area contributed by atoms with Crippen molar-refractivity contribution in [2.24, 2.45) is 4.99 Å². The lowest BCUT2D eigenvalue weighted by Gasteiger charge is -2.29. The second-order valence-electron chi connectivity index (χ2n) is 10.7. The number of para-hydroxylation sites is 1.